The number of allylic oxidation sites excluding steroid dienone is 2. The molecule has 2 rings (SSSR count). The first kappa shape index (κ1) is 13.4. The number of hydrogen-bond donors (Lipinski definition) is 0. The third-order valence-corrected chi connectivity index (χ3v) is 3.99. The zero-order valence-corrected chi connectivity index (χ0v) is 11.6. The largest absolute Gasteiger partial charge is 0.299 e. The third-order valence-electron chi connectivity index (χ3n) is 3.58. The minimum Gasteiger partial charge on any atom is -0.299 e. The molecular formula is C15H14Cl2O. The topological polar surface area (TPSA) is 17.1 Å². The summed E-state index contributed by atoms with van der Waals surface area (Å²) in [5.41, 5.74) is 1.35. The van der Waals surface area contributed by atoms with E-state index < -0.39 is 0 Å². The Morgan fingerprint density at radius 2 is 2.00 bits per heavy atom. The molecule has 1 nitrogen and oxygen atoms in total. The zero-order chi connectivity index (χ0) is 13.3. The van der Waals surface area contributed by atoms with Crippen molar-refractivity contribution in [2.75, 3.05) is 0 Å². The van der Waals surface area contributed by atoms with Crippen LogP contribution < -0.4 is 0 Å². The fourth-order valence-corrected chi connectivity index (χ4v) is 2.94. The summed E-state index contributed by atoms with van der Waals surface area (Å²) < 4.78 is 0.160. The quantitative estimate of drug-likeness (QED) is 0.739. The number of rotatable bonds is 3. The van der Waals surface area contributed by atoms with Crippen molar-refractivity contribution in [1.29, 1.82) is 0 Å². The van der Waals surface area contributed by atoms with Crippen molar-refractivity contribution in [1.82, 2.24) is 0 Å². The van der Waals surface area contributed by atoms with Crippen molar-refractivity contribution in [2.45, 2.75) is 13.3 Å². The Hall–Kier alpha value is -1.05. The number of carbonyl (C=O) groups excluding carboxylic acids is 1. The lowest BCUT2D eigenvalue weighted by Crippen LogP contribution is -2.45. The predicted molar refractivity (Wildman–Crippen MR) is 76.5 cm³/mol. The highest BCUT2D eigenvalue weighted by molar-refractivity contribution is 6.58. The Kier molecular flexibility index (Phi) is 3.65. The van der Waals surface area contributed by atoms with E-state index in [1.807, 2.05) is 43.3 Å². The molecule has 0 saturated heterocycles. The van der Waals surface area contributed by atoms with Crippen LogP contribution in [-0.2, 0) is 4.79 Å². The summed E-state index contributed by atoms with van der Waals surface area (Å²) >= 11 is 12.0. The van der Waals surface area contributed by atoms with Gasteiger partial charge in [-0.2, -0.15) is 0 Å². The van der Waals surface area contributed by atoms with E-state index in [1.54, 1.807) is 0 Å². The van der Waals surface area contributed by atoms with E-state index in [-0.39, 0.29) is 21.6 Å². The summed E-state index contributed by atoms with van der Waals surface area (Å²) in [5, 5.41) is 0. The first-order valence-electron chi connectivity index (χ1n) is 5.76. The zero-order valence-electron chi connectivity index (χ0n) is 10.1. The van der Waals surface area contributed by atoms with Gasteiger partial charge in [-0.3, -0.25) is 4.79 Å². The summed E-state index contributed by atoms with van der Waals surface area (Å²) in [7, 11) is 0. The molecular weight excluding hydrogens is 267 g/mol. The second kappa shape index (κ2) is 4.91. The van der Waals surface area contributed by atoms with Gasteiger partial charge in [0.25, 0.3) is 0 Å². The smallest absolute Gasteiger partial charge is 0.142 e. The van der Waals surface area contributed by atoms with Crippen LogP contribution in [0.15, 0.2) is 47.5 Å². The monoisotopic (exact) mass is 280 g/mol. The van der Waals surface area contributed by atoms with E-state index in [2.05, 4.69) is 6.58 Å². The minimum absolute atomic E-state index is 0.160. The van der Waals surface area contributed by atoms with Gasteiger partial charge in [0.05, 0.1) is 5.92 Å². The highest BCUT2D eigenvalue weighted by Crippen LogP contribution is 2.52. The molecule has 1 aliphatic carbocycles. The first-order chi connectivity index (χ1) is 8.49. The molecule has 0 radical (unpaired) electrons. The van der Waals surface area contributed by atoms with E-state index >= 15 is 0 Å². The molecule has 0 spiro atoms. The Labute approximate surface area is 117 Å². The van der Waals surface area contributed by atoms with Crippen molar-refractivity contribution in [3.63, 3.8) is 0 Å². The van der Waals surface area contributed by atoms with Gasteiger partial charge in [0.2, 0.25) is 0 Å². The summed E-state index contributed by atoms with van der Waals surface area (Å²) in [6.45, 7) is 5.82. The second-order valence-electron chi connectivity index (χ2n) is 4.83. The lowest BCUT2D eigenvalue weighted by atomic mass is 9.57. The highest BCUT2D eigenvalue weighted by atomic mass is 35.5. The van der Waals surface area contributed by atoms with E-state index in [9.17, 15) is 4.79 Å². The van der Waals surface area contributed by atoms with Crippen LogP contribution in [0.5, 0.6) is 0 Å². The van der Waals surface area contributed by atoms with Gasteiger partial charge < -0.3 is 0 Å². The molecule has 0 amide bonds. The van der Waals surface area contributed by atoms with Gasteiger partial charge in [-0.25, -0.2) is 0 Å². The standard InChI is InChI=1S/C15H14Cl2O/c1-3-15(2)9-11(18)13(15)12(14(16)17)10-7-5-4-6-8-10/h3-8,13H,1,9H2,2H3/t13-,15-/m0/s1. The summed E-state index contributed by atoms with van der Waals surface area (Å²) in [6.07, 6.45) is 2.32. The summed E-state index contributed by atoms with van der Waals surface area (Å²) in [4.78, 5) is 11.9. The van der Waals surface area contributed by atoms with Crippen molar-refractivity contribution in [3.8, 4) is 0 Å². The van der Waals surface area contributed by atoms with Crippen LogP contribution >= 0.6 is 23.2 Å². The van der Waals surface area contributed by atoms with Crippen LogP contribution in [0, 0.1) is 11.3 Å². The average Bonchev–Trinajstić information content (AvgIpc) is 2.36. The molecule has 0 aromatic heterocycles. The summed E-state index contributed by atoms with van der Waals surface area (Å²) in [5.74, 6) is -0.127. The Morgan fingerprint density at radius 1 is 1.39 bits per heavy atom. The third kappa shape index (κ3) is 2.13. The Morgan fingerprint density at radius 3 is 2.44 bits per heavy atom. The van der Waals surface area contributed by atoms with Crippen LogP contribution in [0.3, 0.4) is 0 Å². The van der Waals surface area contributed by atoms with Gasteiger partial charge in [0, 0.05) is 17.4 Å². The average molecular weight is 281 g/mol. The summed E-state index contributed by atoms with van der Waals surface area (Å²) in [6, 6.07) is 9.55. The van der Waals surface area contributed by atoms with Crippen molar-refractivity contribution in [2.24, 2.45) is 11.3 Å². The van der Waals surface area contributed by atoms with Crippen molar-refractivity contribution >= 4 is 34.6 Å². The first-order valence-corrected chi connectivity index (χ1v) is 6.52. The molecule has 0 bridgehead atoms. The number of carbonyl (C=O) groups is 1. The van der Waals surface area contributed by atoms with Gasteiger partial charge in [-0.1, -0.05) is 66.5 Å². The maximum Gasteiger partial charge on any atom is 0.142 e. The number of benzene rings is 1. The molecule has 3 heteroatoms. The molecule has 1 aliphatic rings. The van der Waals surface area contributed by atoms with Gasteiger partial charge in [0.1, 0.15) is 10.3 Å². The van der Waals surface area contributed by atoms with Gasteiger partial charge in [0.15, 0.2) is 0 Å². The van der Waals surface area contributed by atoms with Crippen LogP contribution in [0.2, 0.25) is 0 Å². The molecule has 18 heavy (non-hydrogen) atoms. The highest BCUT2D eigenvalue weighted by Gasteiger charge is 2.50. The molecule has 94 valence electrons. The van der Waals surface area contributed by atoms with Crippen molar-refractivity contribution < 1.29 is 4.79 Å². The lowest BCUT2D eigenvalue weighted by Gasteiger charge is -2.44. The van der Waals surface area contributed by atoms with Crippen LogP contribution in [-0.4, -0.2) is 5.78 Å². The number of Topliss-reactive ketones (excluding diaryl/α,β-unsaturated/α-hetero) is 1. The fourth-order valence-electron chi connectivity index (χ4n) is 2.50. The van der Waals surface area contributed by atoms with Gasteiger partial charge in [-0.15, -0.1) is 6.58 Å². The molecule has 1 fully saturated rings. The van der Waals surface area contributed by atoms with Crippen molar-refractivity contribution in [3.05, 3.63) is 53.0 Å². The SMILES string of the molecule is C=C[C@@]1(C)CC(=O)[C@H]1C(=C(Cl)Cl)c1ccccc1. The lowest BCUT2D eigenvalue weighted by molar-refractivity contribution is -0.134. The molecule has 1 saturated carbocycles. The predicted octanol–water partition coefficient (Wildman–Crippen LogP) is 4.61. The Balaban J connectivity index is 2.49. The van der Waals surface area contributed by atoms with Gasteiger partial charge in [-0.05, 0) is 5.56 Å². The molecule has 1 aromatic carbocycles. The Bertz CT molecular complexity index is 515. The van der Waals surface area contributed by atoms with E-state index in [1.165, 1.54) is 0 Å². The molecule has 0 aliphatic heterocycles. The number of hydrogen-bond acceptors (Lipinski definition) is 1. The number of halogens is 2. The molecule has 0 unspecified atom stereocenters. The van der Waals surface area contributed by atoms with Crippen LogP contribution in [0.25, 0.3) is 5.57 Å². The minimum atomic E-state index is -0.289. The molecule has 2 atom stereocenters. The van der Waals surface area contributed by atoms with Crippen LogP contribution in [0.1, 0.15) is 18.9 Å². The molecule has 0 N–H and O–H groups in total. The normalized spacial score (nSPS) is 26.4. The second-order valence-corrected chi connectivity index (χ2v) is 5.78. The van der Waals surface area contributed by atoms with Crippen LogP contribution in [0.4, 0.5) is 0 Å². The molecule has 1 aromatic rings. The molecule has 0 heterocycles. The van der Waals surface area contributed by atoms with E-state index in [0.717, 1.165) is 5.56 Å². The van der Waals surface area contributed by atoms with Gasteiger partial charge >= 0.3 is 0 Å². The maximum atomic E-state index is 11.9. The van der Waals surface area contributed by atoms with E-state index in [4.69, 9.17) is 23.2 Å². The maximum absolute atomic E-state index is 11.9. The fraction of sp³-hybridized carbons (Fsp3) is 0.267. The van der Waals surface area contributed by atoms with E-state index in [0.29, 0.717) is 12.0 Å². The number of ketones is 1.